The number of alkyl halides is 3. The van der Waals surface area contributed by atoms with Gasteiger partial charge in [0.15, 0.2) is 5.75 Å². The summed E-state index contributed by atoms with van der Waals surface area (Å²) in [7, 11) is 0. The third-order valence-corrected chi connectivity index (χ3v) is 2.76. The number of nitrogens with zero attached hydrogens (tertiary/aromatic N) is 1. The number of hydrogen-bond acceptors (Lipinski definition) is 3. The van der Waals surface area contributed by atoms with Gasteiger partial charge in [0.2, 0.25) is 5.88 Å². The Bertz CT molecular complexity index is 594. The molecule has 0 amide bonds. The molecule has 3 nitrogen and oxygen atoms in total. The van der Waals surface area contributed by atoms with Crippen molar-refractivity contribution in [3.8, 4) is 11.6 Å². The molecular formula is C14H13F3N2O. The normalized spacial score (nSPS) is 11.4. The molecule has 20 heavy (non-hydrogen) atoms. The molecule has 0 unspecified atom stereocenters. The fourth-order valence-electron chi connectivity index (χ4n) is 1.63. The minimum Gasteiger partial charge on any atom is -0.437 e. The van der Waals surface area contributed by atoms with Crippen LogP contribution in [0.4, 0.5) is 18.9 Å². The Morgan fingerprint density at radius 2 is 1.95 bits per heavy atom. The number of nitrogen functional groups attached to an aromatic ring is 1. The Morgan fingerprint density at radius 3 is 2.45 bits per heavy atom. The van der Waals surface area contributed by atoms with Crippen molar-refractivity contribution in [2.75, 3.05) is 5.73 Å². The lowest BCUT2D eigenvalue weighted by atomic mass is 10.1. The number of halogens is 3. The number of ether oxygens (including phenoxy) is 1. The molecule has 0 aliphatic carbocycles. The average Bonchev–Trinajstić information content (AvgIpc) is 2.40. The standard InChI is InChI=1S/C14H13F3N2O/c1-2-9-3-5-12(11(18)7-9)20-13-6-4-10(8-19-13)14(15,16)17/h3-8H,2,18H2,1H3. The second-order valence-electron chi connectivity index (χ2n) is 4.21. The molecule has 0 saturated heterocycles. The molecule has 0 bridgehead atoms. The highest BCUT2D eigenvalue weighted by Gasteiger charge is 2.30. The van der Waals surface area contributed by atoms with Gasteiger partial charge in [0.1, 0.15) is 0 Å². The Morgan fingerprint density at radius 1 is 1.20 bits per heavy atom. The first kappa shape index (κ1) is 14.2. The highest BCUT2D eigenvalue weighted by molar-refractivity contribution is 5.55. The highest BCUT2D eigenvalue weighted by atomic mass is 19.4. The predicted molar refractivity (Wildman–Crippen MR) is 69.5 cm³/mol. The summed E-state index contributed by atoms with van der Waals surface area (Å²) in [6.07, 6.45) is -2.84. The maximum Gasteiger partial charge on any atom is 0.417 e. The van der Waals surface area contributed by atoms with Crippen LogP contribution in [0, 0.1) is 0 Å². The van der Waals surface area contributed by atoms with E-state index in [9.17, 15) is 13.2 Å². The molecule has 6 heteroatoms. The number of aryl methyl sites for hydroxylation is 1. The fraction of sp³-hybridized carbons (Fsp3) is 0.214. The van der Waals surface area contributed by atoms with Gasteiger partial charge < -0.3 is 10.5 Å². The Labute approximate surface area is 114 Å². The molecule has 106 valence electrons. The maximum absolute atomic E-state index is 12.4. The number of benzene rings is 1. The van der Waals surface area contributed by atoms with Gasteiger partial charge in [-0.1, -0.05) is 13.0 Å². The van der Waals surface area contributed by atoms with E-state index in [1.54, 1.807) is 12.1 Å². The SMILES string of the molecule is CCc1ccc(Oc2ccc(C(F)(F)F)cn2)c(N)c1. The van der Waals surface area contributed by atoms with Crippen molar-refractivity contribution in [2.24, 2.45) is 0 Å². The van der Waals surface area contributed by atoms with E-state index in [-0.39, 0.29) is 5.88 Å². The van der Waals surface area contributed by atoms with Crippen LogP contribution in [0.5, 0.6) is 11.6 Å². The average molecular weight is 282 g/mol. The summed E-state index contributed by atoms with van der Waals surface area (Å²) in [5.74, 6) is 0.434. The van der Waals surface area contributed by atoms with Crippen molar-refractivity contribution in [2.45, 2.75) is 19.5 Å². The Hall–Kier alpha value is -2.24. The van der Waals surface area contributed by atoms with Crippen molar-refractivity contribution in [3.63, 3.8) is 0 Å². The van der Waals surface area contributed by atoms with Crippen LogP contribution in [-0.4, -0.2) is 4.98 Å². The van der Waals surface area contributed by atoms with E-state index in [2.05, 4.69) is 4.98 Å². The van der Waals surface area contributed by atoms with Gasteiger partial charge in [0.05, 0.1) is 11.3 Å². The monoisotopic (exact) mass is 282 g/mol. The minimum atomic E-state index is -4.41. The number of hydrogen-bond donors (Lipinski definition) is 1. The van der Waals surface area contributed by atoms with Gasteiger partial charge >= 0.3 is 6.18 Å². The summed E-state index contributed by atoms with van der Waals surface area (Å²) in [4.78, 5) is 3.63. The van der Waals surface area contributed by atoms with E-state index in [1.807, 2.05) is 13.0 Å². The van der Waals surface area contributed by atoms with Gasteiger partial charge in [0, 0.05) is 12.3 Å². The van der Waals surface area contributed by atoms with Crippen LogP contribution in [0.25, 0.3) is 0 Å². The second-order valence-corrected chi connectivity index (χ2v) is 4.21. The topological polar surface area (TPSA) is 48.1 Å². The van der Waals surface area contributed by atoms with Crippen LogP contribution in [-0.2, 0) is 12.6 Å². The molecule has 0 aliphatic heterocycles. The maximum atomic E-state index is 12.4. The zero-order chi connectivity index (χ0) is 14.8. The van der Waals surface area contributed by atoms with Gasteiger partial charge in [-0.25, -0.2) is 4.98 Å². The van der Waals surface area contributed by atoms with Crippen molar-refractivity contribution in [1.29, 1.82) is 0 Å². The van der Waals surface area contributed by atoms with E-state index >= 15 is 0 Å². The van der Waals surface area contributed by atoms with Crippen LogP contribution < -0.4 is 10.5 Å². The second kappa shape index (κ2) is 5.40. The third kappa shape index (κ3) is 3.20. The first-order valence-corrected chi connectivity index (χ1v) is 5.99. The van der Waals surface area contributed by atoms with Gasteiger partial charge in [-0.3, -0.25) is 0 Å². The number of anilines is 1. The lowest BCUT2D eigenvalue weighted by Crippen LogP contribution is -2.05. The van der Waals surface area contributed by atoms with E-state index in [0.29, 0.717) is 11.4 Å². The highest BCUT2D eigenvalue weighted by Crippen LogP contribution is 2.31. The van der Waals surface area contributed by atoms with Gasteiger partial charge in [-0.15, -0.1) is 0 Å². The van der Waals surface area contributed by atoms with Crippen molar-refractivity contribution >= 4 is 5.69 Å². The first-order chi connectivity index (χ1) is 9.40. The molecule has 2 aromatic rings. The summed E-state index contributed by atoms with van der Waals surface area (Å²) in [5.41, 5.74) is 6.46. The summed E-state index contributed by atoms with van der Waals surface area (Å²) in [6, 6.07) is 7.36. The summed E-state index contributed by atoms with van der Waals surface area (Å²) in [6.45, 7) is 1.99. The molecular weight excluding hydrogens is 269 g/mol. The molecule has 0 spiro atoms. The van der Waals surface area contributed by atoms with Gasteiger partial charge in [0.25, 0.3) is 0 Å². The number of pyridine rings is 1. The van der Waals surface area contributed by atoms with Gasteiger partial charge in [-0.05, 0) is 30.2 Å². The molecule has 1 aromatic heterocycles. The smallest absolute Gasteiger partial charge is 0.417 e. The van der Waals surface area contributed by atoms with E-state index < -0.39 is 11.7 Å². The van der Waals surface area contributed by atoms with Crippen molar-refractivity contribution in [3.05, 3.63) is 47.7 Å². The summed E-state index contributed by atoms with van der Waals surface area (Å²) in [5, 5.41) is 0. The third-order valence-electron chi connectivity index (χ3n) is 2.76. The molecule has 1 aromatic carbocycles. The molecule has 0 fully saturated rings. The fourth-order valence-corrected chi connectivity index (χ4v) is 1.63. The van der Waals surface area contributed by atoms with Gasteiger partial charge in [-0.2, -0.15) is 13.2 Å². The number of rotatable bonds is 3. The van der Waals surface area contributed by atoms with Crippen molar-refractivity contribution in [1.82, 2.24) is 4.98 Å². The van der Waals surface area contributed by atoms with E-state index in [4.69, 9.17) is 10.5 Å². The van der Waals surface area contributed by atoms with Crippen LogP contribution >= 0.6 is 0 Å². The quantitative estimate of drug-likeness (QED) is 0.864. The van der Waals surface area contributed by atoms with Crippen molar-refractivity contribution < 1.29 is 17.9 Å². The lowest BCUT2D eigenvalue weighted by Gasteiger charge is -2.10. The molecule has 0 radical (unpaired) electrons. The summed E-state index contributed by atoms with van der Waals surface area (Å²) >= 11 is 0. The number of nitrogens with two attached hydrogens (primary N) is 1. The molecule has 2 N–H and O–H groups in total. The zero-order valence-electron chi connectivity index (χ0n) is 10.7. The predicted octanol–water partition coefficient (Wildman–Crippen LogP) is 4.04. The molecule has 0 aliphatic rings. The Balaban J connectivity index is 2.18. The molecule has 0 atom stereocenters. The largest absolute Gasteiger partial charge is 0.437 e. The molecule has 0 saturated carbocycles. The van der Waals surface area contributed by atoms with Crippen LogP contribution in [0.2, 0.25) is 0 Å². The lowest BCUT2D eigenvalue weighted by molar-refractivity contribution is -0.137. The Kier molecular flexibility index (Phi) is 3.83. The summed E-state index contributed by atoms with van der Waals surface area (Å²) < 4.78 is 42.6. The van der Waals surface area contributed by atoms with E-state index in [1.165, 1.54) is 0 Å². The van der Waals surface area contributed by atoms with Crippen LogP contribution in [0.3, 0.4) is 0 Å². The zero-order valence-corrected chi connectivity index (χ0v) is 10.7. The van der Waals surface area contributed by atoms with Crippen LogP contribution in [0.15, 0.2) is 36.5 Å². The number of aromatic nitrogens is 1. The first-order valence-electron chi connectivity index (χ1n) is 5.99. The molecule has 1 heterocycles. The van der Waals surface area contributed by atoms with E-state index in [0.717, 1.165) is 30.3 Å². The van der Waals surface area contributed by atoms with Crippen LogP contribution in [0.1, 0.15) is 18.1 Å². The minimum absolute atomic E-state index is 0.0638. The molecule has 2 rings (SSSR count).